The third-order valence-corrected chi connectivity index (χ3v) is 4.10. The van der Waals surface area contributed by atoms with Crippen LogP contribution in [-0.4, -0.2) is 27.3 Å². The molecule has 0 fully saturated rings. The molecule has 0 spiro atoms. The molecule has 1 aliphatic rings. The highest BCUT2D eigenvalue weighted by atomic mass is 79.9. The molecule has 0 radical (unpaired) electrons. The van der Waals surface area contributed by atoms with Crippen LogP contribution >= 0.6 is 15.9 Å². The Kier molecular flexibility index (Phi) is 4.72. The molecule has 1 aromatic carbocycles. The van der Waals surface area contributed by atoms with Gasteiger partial charge in [0, 0.05) is 29.4 Å². The minimum atomic E-state index is 0.0140. The van der Waals surface area contributed by atoms with E-state index in [1.165, 1.54) is 6.33 Å². The molecular formula is C15H17BrN4O2. The van der Waals surface area contributed by atoms with E-state index in [9.17, 15) is 4.79 Å². The Hall–Kier alpha value is -1.89. The summed E-state index contributed by atoms with van der Waals surface area (Å²) in [5.74, 6) is 0.903. The molecule has 0 aliphatic carbocycles. The molecule has 22 heavy (non-hydrogen) atoms. The van der Waals surface area contributed by atoms with Crippen LogP contribution in [0.1, 0.15) is 30.9 Å². The second kappa shape index (κ2) is 6.91. The van der Waals surface area contributed by atoms with E-state index in [1.54, 1.807) is 11.0 Å². The van der Waals surface area contributed by atoms with Gasteiger partial charge < -0.3 is 10.1 Å². The predicted octanol–water partition coefficient (Wildman–Crippen LogP) is 2.46. The van der Waals surface area contributed by atoms with Crippen LogP contribution < -0.4 is 10.1 Å². The van der Waals surface area contributed by atoms with Crippen molar-refractivity contribution >= 4 is 21.8 Å². The molecule has 0 saturated carbocycles. The van der Waals surface area contributed by atoms with Gasteiger partial charge in [-0.25, -0.2) is 4.98 Å². The van der Waals surface area contributed by atoms with Crippen LogP contribution in [0.25, 0.3) is 0 Å². The van der Waals surface area contributed by atoms with E-state index >= 15 is 0 Å². The first kappa shape index (κ1) is 15.0. The first-order valence-corrected chi connectivity index (χ1v) is 8.06. The Balaban J connectivity index is 1.55. The number of fused-ring (bicyclic) bond motifs is 1. The lowest BCUT2D eigenvalue weighted by Gasteiger charge is -2.27. The fraction of sp³-hybridized carbons (Fsp3) is 0.400. The molecule has 1 aromatic heterocycles. The highest BCUT2D eigenvalue weighted by molar-refractivity contribution is 9.10. The number of nitrogens with one attached hydrogen (secondary N) is 1. The number of hydrogen-bond acceptors (Lipinski definition) is 4. The summed E-state index contributed by atoms with van der Waals surface area (Å²) in [5.41, 5.74) is 1.03. The van der Waals surface area contributed by atoms with Crippen LogP contribution in [0.2, 0.25) is 0 Å². The van der Waals surface area contributed by atoms with Crippen molar-refractivity contribution in [3.63, 3.8) is 0 Å². The molecule has 3 rings (SSSR count). The van der Waals surface area contributed by atoms with Crippen LogP contribution in [0.4, 0.5) is 0 Å². The van der Waals surface area contributed by atoms with Gasteiger partial charge in [0.1, 0.15) is 18.4 Å². The fourth-order valence-electron chi connectivity index (χ4n) is 2.53. The van der Waals surface area contributed by atoms with E-state index in [0.717, 1.165) is 28.6 Å². The van der Waals surface area contributed by atoms with Gasteiger partial charge in [0.15, 0.2) is 0 Å². The van der Waals surface area contributed by atoms with Crippen molar-refractivity contribution in [3.05, 3.63) is 40.9 Å². The van der Waals surface area contributed by atoms with Crippen LogP contribution in [0.3, 0.4) is 0 Å². The molecule has 6 nitrogen and oxygen atoms in total. The lowest BCUT2D eigenvalue weighted by molar-refractivity contribution is -0.122. The Bertz CT molecular complexity index is 645. The lowest BCUT2D eigenvalue weighted by atomic mass is 10.0. The highest BCUT2D eigenvalue weighted by Crippen LogP contribution is 2.34. The van der Waals surface area contributed by atoms with Gasteiger partial charge in [-0.05, 0) is 24.6 Å². The second-order valence-electron chi connectivity index (χ2n) is 5.20. The molecule has 0 saturated heterocycles. The largest absolute Gasteiger partial charge is 0.493 e. The second-order valence-corrected chi connectivity index (χ2v) is 6.12. The summed E-state index contributed by atoms with van der Waals surface area (Å²) in [6.07, 6.45) is 5.16. The van der Waals surface area contributed by atoms with Crippen molar-refractivity contribution in [1.82, 2.24) is 20.1 Å². The smallest absolute Gasteiger partial charge is 0.220 e. The maximum atomic E-state index is 12.1. The van der Waals surface area contributed by atoms with Gasteiger partial charge in [-0.15, -0.1) is 0 Å². The van der Waals surface area contributed by atoms with Gasteiger partial charge >= 0.3 is 0 Å². The van der Waals surface area contributed by atoms with Crippen LogP contribution in [0, 0.1) is 0 Å². The summed E-state index contributed by atoms with van der Waals surface area (Å²) in [6, 6.07) is 5.90. The number of aromatic nitrogens is 3. The quantitative estimate of drug-likeness (QED) is 0.884. The molecule has 1 atom stereocenters. The maximum absolute atomic E-state index is 12.1. The van der Waals surface area contributed by atoms with Gasteiger partial charge in [0.2, 0.25) is 5.91 Å². The Morgan fingerprint density at radius 3 is 3.23 bits per heavy atom. The minimum absolute atomic E-state index is 0.0140. The molecule has 1 aliphatic heterocycles. The third-order valence-electron chi connectivity index (χ3n) is 3.60. The first-order chi connectivity index (χ1) is 10.7. The molecule has 1 N–H and O–H groups in total. The van der Waals surface area contributed by atoms with Crippen molar-refractivity contribution < 1.29 is 9.53 Å². The van der Waals surface area contributed by atoms with E-state index in [1.807, 2.05) is 18.2 Å². The molecule has 116 valence electrons. The van der Waals surface area contributed by atoms with Gasteiger partial charge in [-0.2, -0.15) is 5.10 Å². The lowest BCUT2D eigenvalue weighted by Crippen LogP contribution is -2.32. The summed E-state index contributed by atoms with van der Waals surface area (Å²) in [7, 11) is 0. The molecule has 2 heterocycles. The molecule has 0 bridgehead atoms. The maximum Gasteiger partial charge on any atom is 0.220 e. The van der Waals surface area contributed by atoms with Gasteiger partial charge in [-0.3, -0.25) is 9.48 Å². The van der Waals surface area contributed by atoms with Crippen molar-refractivity contribution in [2.75, 3.05) is 6.61 Å². The van der Waals surface area contributed by atoms with Crippen molar-refractivity contribution in [2.45, 2.75) is 31.8 Å². The number of aryl methyl sites for hydroxylation is 1. The Morgan fingerprint density at radius 1 is 1.50 bits per heavy atom. The summed E-state index contributed by atoms with van der Waals surface area (Å²) in [5, 5.41) is 7.12. The minimum Gasteiger partial charge on any atom is -0.493 e. The number of rotatable bonds is 5. The van der Waals surface area contributed by atoms with E-state index in [4.69, 9.17) is 4.74 Å². The number of benzene rings is 1. The van der Waals surface area contributed by atoms with Gasteiger partial charge in [0.25, 0.3) is 0 Å². The summed E-state index contributed by atoms with van der Waals surface area (Å²) in [6.45, 7) is 1.32. The average Bonchev–Trinajstić information content (AvgIpc) is 3.01. The van der Waals surface area contributed by atoms with Crippen molar-refractivity contribution in [2.24, 2.45) is 0 Å². The number of amides is 1. The van der Waals surface area contributed by atoms with Crippen LogP contribution in [0.5, 0.6) is 5.75 Å². The molecule has 2 aromatic rings. The zero-order valence-corrected chi connectivity index (χ0v) is 13.6. The van der Waals surface area contributed by atoms with Gasteiger partial charge in [-0.1, -0.05) is 15.9 Å². The summed E-state index contributed by atoms with van der Waals surface area (Å²) in [4.78, 5) is 16.0. The van der Waals surface area contributed by atoms with Crippen LogP contribution in [0.15, 0.2) is 35.3 Å². The monoisotopic (exact) mass is 364 g/mol. The predicted molar refractivity (Wildman–Crippen MR) is 84.4 cm³/mol. The van der Waals surface area contributed by atoms with Crippen molar-refractivity contribution in [1.29, 1.82) is 0 Å². The number of hydrogen-bond donors (Lipinski definition) is 1. The Morgan fingerprint density at radius 2 is 2.41 bits per heavy atom. The number of carbonyl (C=O) groups excluding carboxylic acids is 1. The zero-order chi connectivity index (χ0) is 15.4. The topological polar surface area (TPSA) is 69.0 Å². The molecule has 7 heteroatoms. The summed E-state index contributed by atoms with van der Waals surface area (Å²) < 4.78 is 8.35. The molecule has 1 unspecified atom stereocenters. The number of halogens is 1. The first-order valence-electron chi connectivity index (χ1n) is 7.26. The highest BCUT2D eigenvalue weighted by Gasteiger charge is 2.23. The number of nitrogens with zero attached hydrogens (tertiary/aromatic N) is 3. The third kappa shape index (κ3) is 3.65. The normalized spacial score (nSPS) is 16.7. The van der Waals surface area contributed by atoms with E-state index in [-0.39, 0.29) is 11.9 Å². The fourth-order valence-corrected chi connectivity index (χ4v) is 2.91. The average molecular weight is 365 g/mol. The summed E-state index contributed by atoms with van der Waals surface area (Å²) >= 11 is 3.46. The molecular weight excluding hydrogens is 348 g/mol. The van der Waals surface area contributed by atoms with E-state index < -0.39 is 0 Å². The van der Waals surface area contributed by atoms with E-state index in [0.29, 0.717) is 19.6 Å². The number of ether oxygens (including phenoxy) is 1. The van der Waals surface area contributed by atoms with Crippen LogP contribution in [-0.2, 0) is 11.3 Å². The molecule has 1 amide bonds. The Labute approximate surface area is 137 Å². The van der Waals surface area contributed by atoms with Gasteiger partial charge in [0.05, 0.1) is 12.6 Å². The SMILES string of the molecule is O=C(CCCn1cncn1)NC1CCOc2ccc(Br)cc21. The standard InChI is InChI=1S/C15H17BrN4O2/c16-11-3-4-14-12(8-11)13(5-7-22-14)19-15(21)2-1-6-20-10-17-9-18-20/h3-4,8-10,13H,1-2,5-7H2,(H,19,21). The zero-order valence-electron chi connectivity index (χ0n) is 12.0. The van der Waals surface area contributed by atoms with E-state index in [2.05, 4.69) is 31.3 Å². The van der Waals surface area contributed by atoms with Crippen molar-refractivity contribution in [3.8, 4) is 5.75 Å². The number of carbonyl (C=O) groups is 1.